The molecule has 0 aliphatic carbocycles. The third kappa shape index (κ3) is 2.63. The van der Waals surface area contributed by atoms with E-state index in [1.807, 2.05) is 6.26 Å². The molecule has 1 fully saturated rings. The van der Waals surface area contributed by atoms with Crippen LogP contribution >= 0.6 is 11.8 Å². The van der Waals surface area contributed by atoms with Gasteiger partial charge in [-0.2, -0.15) is 17.0 Å². The molecule has 0 aromatic carbocycles. The van der Waals surface area contributed by atoms with Gasteiger partial charge < -0.3 is 9.84 Å². The van der Waals surface area contributed by atoms with E-state index in [1.54, 1.807) is 11.8 Å². The number of hydrogen-bond donors (Lipinski definition) is 1. The van der Waals surface area contributed by atoms with E-state index in [4.69, 9.17) is 10.00 Å². The highest BCUT2D eigenvalue weighted by molar-refractivity contribution is 7.98. The molecular formula is C10H17NO2S. The molecule has 0 radical (unpaired) electrons. The molecule has 1 aliphatic rings. The highest BCUT2D eigenvalue weighted by atomic mass is 32.2. The van der Waals surface area contributed by atoms with Crippen molar-refractivity contribution in [2.75, 3.05) is 25.2 Å². The van der Waals surface area contributed by atoms with Crippen molar-refractivity contribution >= 4 is 11.8 Å². The lowest BCUT2D eigenvalue weighted by atomic mass is 9.76. The summed E-state index contributed by atoms with van der Waals surface area (Å²) in [4.78, 5) is 0. The number of aliphatic hydroxyl groups excluding tert-OH is 1. The topological polar surface area (TPSA) is 53.2 Å². The van der Waals surface area contributed by atoms with Crippen LogP contribution in [0.25, 0.3) is 0 Å². The molecule has 1 heterocycles. The zero-order valence-electron chi connectivity index (χ0n) is 8.53. The van der Waals surface area contributed by atoms with Crippen LogP contribution in [-0.4, -0.2) is 36.4 Å². The SMILES string of the molecule is CSCCC(O)C1(C#N)CCOCC1. The number of nitrogens with zero attached hydrogens (tertiary/aromatic N) is 1. The standard InChI is InChI=1S/C10H17NO2S/c1-14-7-2-9(12)10(8-11)3-5-13-6-4-10/h9,12H,2-7H2,1H3. The van der Waals surface area contributed by atoms with Gasteiger partial charge in [-0.1, -0.05) is 0 Å². The molecule has 0 spiro atoms. The van der Waals surface area contributed by atoms with Gasteiger partial charge in [0.1, 0.15) is 0 Å². The molecule has 14 heavy (non-hydrogen) atoms. The second-order valence-electron chi connectivity index (χ2n) is 3.68. The Morgan fingerprint density at radius 3 is 2.71 bits per heavy atom. The summed E-state index contributed by atoms with van der Waals surface area (Å²) in [5.74, 6) is 0.908. The third-order valence-corrected chi connectivity index (χ3v) is 3.48. The van der Waals surface area contributed by atoms with Gasteiger partial charge in [0.25, 0.3) is 0 Å². The summed E-state index contributed by atoms with van der Waals surface area (Å²) < 4.78 is 5.21. The molecule has 0 aromatic rings. The molecule has 0 amide bonds. The van der Waals surface area contributed by atoms with Gasteiger partial charge in [-0.25, -0.2) is 0 Å². The summed E-state index contributed by atoms with van der Waals surface area (Å²) in [7, 11) is 0. The largest absolute Gasteiger partial charge is 0.391 e. The minimum atomic E-state index is -0.548. The maximum atomic E-state index is 9.96. The van der Waals surface area contributed by atoms with E-state index in [2.05, 4.69) is 6.07 Å². The van der Waals surface area contributed by atoms with Crippen LogP contribution in [-0.2, 0) is 4.74 Å². The Hall–Kier alpha value is -0.240. The summed E-state index contributed by atoms with van der Waals surface area (Å²) >= 11 is 1.70. The average Bonchev–Trinajstić information content (AvgIpc) is 2.26. The van der Waals surface area contributed by atoms with Crippen molar-refractivity contribution in [3.8, 4) is 6.07 Å². The first-order valence-corrected chi connectivity index (χ1v) is 6.30. The van der Waals surface area contributed by atoms with Crippen molar-refractivity contribution in [1.29, 1.82) is 5.26 Å². The van der Waals surface area contributed by atoms with Crippen LogP contribution in [0.5, 0.6) is 0 Å². The van der Waals surface area contributed by atoms with E-state index < -0.39 is 11.5 Å². The first-order valence-electron chi connectivity index (χ1n) is 4.91. The Morgan fingerprint density at radius 1 is 1.57 bits per heavy atom. The smallest absolute Gasteiger partial charge is 0.0876 e. The Bertz CT molecular complexity index is 209. The molecule has 1 saturated heterocycles. The number of hydrogen-bond acceptors (Lipinski definition) is 4. The maximum absolute atomic E-state index is 9.96. The van der Waals surface area contributed by atoms with Gasteiger partial charge >= 0.3 is 0 Å². The first kappa shape index (κ1) is 11.8. The summed E-state index contributed by atoms with van der Waals surface area (Å²) in [6.45, 7) is 1.20. The van der Waals surface area contributed by atoms with Gasteiger partial charge in [0.2, 0.25) is 0 Å². The predicted molar refractivity (Wildman–Crippen MR) is 57.1 cm³/mol. The zero-order chi connectivity index (χ0) is 10.4. The van der Waals surface area contributed by atoms with Crippen LogP contribution in [0.1, 0.15) is 19.3 Å². The molecule has 1 N–H and O–H groups in total. The second kappa shape index (κ2) is 5.59. The quantitative estimate of drug-likeness (QED) is 0.770. The summed E-state index contributed by atoms with van der Waals surface area (Å²) in [6, 6.07) is 2.29. The van der Waals surface area contributed by atoms with Crippen LogP contribution in [0.3, 0.4) is 0 Å². The van der Waals surface area contributed by atoms with Crippen molar-refractivity contribution in [1.82, 2.24) is 0 Å². The van der Waals surface area contributed by atoms with E-state index in [1.165, 1.54) is 0 Å². The lowest BCUT2D eigenvalue weighted by molar-refractivity contribution is -0.0302. The number of ether oxygens (including phenoxy) is 1. The number of thioether (sulfide) groups is 1. The van der Waals surface area contributed by atoms with Gasteiger partial charge in [-0.05, 0) is 31.3 Å². The fourth-order valence-electron chi connectivity index (χ4n) is 1.76. The molecule has 80 valence electrons. The fourth-order valence-corrected chi connectivity index (χ4v) is 2.22. The highest BCUT2D eigenvalue weighted by Crippen LogP contribution is 2.35. The van der Waals surface area contributed by atoms with Crippen molar-refractivity contribution in [3.63, 3.8) is 0 Å². The van der Waals surface area contributed by atoms with Crippen LogP contribution in [0.2, 0.25) is 0 Å². The van der Waals surface area contributed by atoms with Gasteiger partial charge in [0.05, 0.1) is 17.6 Å². The van der Waals surface area contributed by atoms with Gasteiger partial charge in [0.15, 0.2) is 0 Å². The fraction of sp³-hybridized carbons (Fsp3) is 0.900. The minimum Gasteiger partial charge on any atom is -0.391 e. The summed E-state index contributed by atoms with van der Waals surface area (Å²) in [5.41, 5.74) is -0.548. The maximum Gasteiger partial charge on any atom is 0.0876 e. The number of aliphatic hydroxyl groups is 1. The molecule has 0 bridgehead atoms. The number of rotatable bonds is 4. The Balaban J connectivity index is 2.54. The summed E-state index contributed by atoms with van der Waals surface area (Å²) in [6.07, 6.45) is 3.55. The minimum absolute atomic E-state index is 0.496. The van der Waals surface area contributed by atoms with Crippen molar-refractivity contribution in [2.45, 2.75) is 25.4 Å². The highest BCUT2D eigenvalue weighted by Gasteiger charge is 2.39. The third-order valence-electron chi connectivity index (χ3n) is 2.84. The van der Waals surface area contributed by atoms with E-state index in [0.717, 1.165) is 5.75 Å². The first-order chi connectivity index (χ1) is 6.75. The lowest BCUT2D eigenvalue weighted by Crippen LogP contribution is -2.39. The number of nitriles is 1. The molecule has 1 atom stereocenters. The van der Waals surface area contributed by atoms with Gasteiger partial charge in [-0.15, -0.1) is 0 Å². The molecule has 0 aromatic heterocycles. The van der Waals surface area contributed by atoms with Crippen molar-refractivity contribution in [2.24, 2.45) is 5.41 Å². The lowest BCUT2D eigenvalue weighted by Gasteiger charge is -2.34. The van der Waals surface area contributed by atoms with E-state index in [9.17, 15) is 5.11 Å². The molecule has 1 unspecified atom stereocenters. The van der Waals surface area contributed by atoms with Crippen molar-refractivity contribution < 1.29 is 9.84 Å². The van der Waals surface area contributed by atoms with Crippen LogP contribution in [0.15, 0.2) is 0 Å². The van der Waals surface area contributed by atoms with Crippen molar-refractivity contribution in [3.05, 3.63) is 0 Å². The van der Waals surface area contributed by atoms with E-state index in [0.29, 0.717) is 32.5 Å². The van der Waals surface area contributed by atoms with Crippen LogP contribution in [0, 0.1) is 16.7 Å². The zero-order valence-corrected chi connectivity index (χ0v) is 9.35. The Kier molecular flexibility index (Phi) is 4.73. The van der Waals surface area contributed by atoms with Crippen LogP contribution < -0.4 is 0 Å². The van der Waals surface area contributed by atoms with Gasteiger partial charge in [0, 0.05) is 13.2 Å². The Morgan fingerprint density at radius 2 is 2.21 bits per heavy atom. The van der Waals surface area contributed by atoms with Gasteiger partial charge in [-0.3, -0.25) is 0 Å². The molecular weight excluding hydrogens is 198 g/mol. The molecule has 1 aliphatic heterocycles. The predicted octanol–water partition coefficient (Wildman–Crippen LogP) is 1.42. The monoisotopic (exact) mass is 215 g/mol. The molecule has 3 nitrogen and oxygen atoms in total. The molecule has 0 saturated carbocycles. The molecule has 1 rings (SSSR count). The normalized spacial score (nSPS) is 22.6. The van der Waals surface area contributed by atoms with E-state index >= 15 is 0 Å². The van der Waals surface area contributed by atoms with Crippen LogP contribution in [0.4, 0.5) is 0 Å². The van der Waals surface area contributed by atoms with E-state index in [-0.39, 0.29) is 0 Å². The summed E-state index contributed by atoms with van der Waals surface area (Å²) in [5, 5.41) is 19.1. The average molecular weight is 215 g/mol. The Labute approximate surface area is 89.4 Å². The molecule has 4 heteroatoms. The second-order valence-corrected chi connectivity index (χ2v) is 4.66.